The van der Waals surface area contributed by atoms with E-state index in [2.05, 4.69) is 23.9 Å². The molecule has 1 N–H and O–H groups in total. The molecule has 0 aromatic carbocycles. The van der Waals surface area contributed by atoms with Crippen LogP contribution in [0.4, 0.5) is 0 Å². The zero-order chi connectivity index (χ0) is 10.4. The van der Waals surface area contributed by atoms with Crippen molar-refractivity contribution in [3.8, 4) is 0 Å². The maximum atomic E-state index is 11.0. The molecule has 0 aliphatic heterocycles. The summed E-state index contributed by atoms with van der Waals surface area (Å²) in [6, 6.07) is 0. The molecule has 74 valence electrons. The minimum Gasteiger partial charge on any atom is -0.481 e. The van der Waals surface area contributed by atoms with E-state index in [0.29, 0.717) is 0 Å². The predicted octanol–water partition coefficient (Wildman–Crippen LogP) is 0.879. The first-order chi connectivity index (χ1) is 5.99. The van der Waals surface area contributed by atoms with Gasteiger partial charge in [0.1, 0.15) is 0 Å². The van der Waals surface area contributed by atoms with E-state index in [9.17, 15) is 9.59 Å². The second-order valence-electron chi connectivity index (χ2n) is 2.36. The molecule has 1 atom stereocenters. The molecular formula is C8H12O4S. The molecule has 0 aromatic heterocycles. The fourth-order valence-electron chi connectivity index (χ4n) is 0.648. The summed E-state index contributed by atoms with van der Waals surface area (Å²) in [5, 5.41) is 7.72. The SMILES string of the molecule is C=C(C(=O)OCC)C(S)CC(=O)O. The minimum absolute atomic E-state index is 0.0765. The summed E-state index contributed by atoms with van der Waals surface area (Å²) in [6.45, 7) is 5.32. The number of ether oxygens (including phenoxy) is 1. The number of rotatable bonds is 5. The molecule has 0 heterocycles. The number of carboxylic acid groups (broad SMARTS) is 1. The van der Waals surface area contributed by atoms with Gasteiger partial charge in [-0.25, -0.2) is 4.79 Å². The Bertz CT molecular complexity index is 224. The van der Waals surface area contributed by atoms with Crippen LogP contribution in [0.25, 0.3) is 0 Å². The Morgan fingerprint density at radius 1 is 1.62 bits per heavy atom. The number of carbonyl (C=O) groups is 2. The summed E-state index contributed by atoms with van der Waals surface area (Å²) >= 11 is 3.92. The van der Waals surface area contributed by atoms with E-state index in [1.165, 1.54) is 0 Å². The van der Waals surface area contributed by atoms with Crippen molar-refractivity contribution in [1.82, 2.24) is 0 Å². The molecule has 1 unspecified atom stereocenters. The van der Waals surface area contributed by atoms with Gasteiger partial charge in [0.15, 0.2) is 0 Å². The van der Waals surface area contributed by atoms with Crippen LogP contribution in [0.15, 0.2) is 12.2 Å². The maximum absolute atomic E-state index is 11.0. The van der Waals surface area contributed by atoms with Crippen LogP contribution in [0, 0.1) is 0 Å². The lowest BCUT2D eigenvalue weighted by Crippen LogP contribution is -2.18. The summed E-state index contributed by atoms with van der Waals surface area (Å²) in [6.07, 6.45) is -0.235. The van der Waals surface area contributed by atoms with Crippen LogP contribution in [0.2, 0.25) is 0 Å². The second-order valence-corrected chi connectivity index (χ2v) is 2.98. The number of hydrogen-bond acceptors (Lipinski definition) is 4. The van der Waals surface area contributed by atoms with Gasteiger partial charge in [0.25, 0.3) is 0 Å². The topological polar surface area (TPSA) is 63.6 Å². The lowest BCUT2D eigenvalue weighted by atomic mass is 10.1. The van der Waals surface area contributed by atoms with Crippen LogP contribution in [0.3, 0.4) is 0 Å². The third-order valence-electron chi connectivity index (χ3n) is 1.31. The number of carboxylic acids is 1. The van der Waals surface area contributed by atoms with Crippen molar-refractivity contribution in [3.05, 3.63) is 12.2 Å². The number of hydrogen-bond donors (Lipinski definition) is 2. The number of thiol groups is 1. The molecule has 0 saturated carbocycles. The van der Waals surface area contributed by atoms with Gasteiger partial charge in [0.2, 0.25) is 0 Å². The fraction of sp³-hybridized carbons (Fsp3) is 0.500. The second kappa shape index (κ2) is 5.64. The number of carbonyl (C=O) groups excluding carboxylic acids is 1. The minimum atomic E-state index is -1.02. The molecule has 0 rings (SSSR count). The molecular weight excluding hydrogens is 192 g/mol. The Morgan fingerprint density at radius 3 is 2.54 bits per heavy atom. The summed E-state index contributed by atoms with van der Waals surface area (Å²) in [5.41, 5.74) is 0.0765. The monoisotopic (exact) mass is 204 g/mol. The largest absolute Gasteiger partial charge is 0.481 e. The molecule has 0 radical (unpaired) electrons. The highest BCUT2D eigenvalue weighted by atomic mass is 32.1. The third-order valence-corrected chi connectivity index (χ3v) is 1.80. The zero-order valence-electron chi connectivity index (χ0n) is 7.32. The first-order valence-electron chi connectivity index (χ1n) is 3.74. The molecule has 5 heteroatoms. The van der Waals surface area contributed by atoms with Crippen molar-refractivity contribution in [2.75, 3.05) is 6.61 Å². The van der Waals surface area contributed by atoms with Gasteiger partial charge in [0.05, 0.1) is 13.0 Å². The summed E-state index contributed by atoms with van der Waals surface area (Å²) in [7, 11) is 0. The predicted molar refractivity (Wildman–Crippen MR) is 50.8 cm³/mol. The van der Waals surface area contributed by atoms with E-state index in [1.807, 2.05) is 0 Å². The highest BCUT2D eigenvalue weighted by Crippen LogP contribution is 2.12. The number of esters is 1. The molecule has 0 amide bonds. The molecule has 4 nitrogen and oxygen atoms in total. The van der Waals surface area contributed by atoms with Crippen LogP contribution in [0.5, 0.6) is 0 Å². The van der Waals surface area contributed by atoms with Crippen molar-refractivity contribution < 1.29 is 19.4 Å². The van der Waals surface area contributed by atoms with Crippen LogP contribution in [-0.2, 0) is 14.3 Å². The lowest BCUT2D eigenvalue weighted by molar-refractivity contribution is -0.138. The van der Waals surface area contributed by atoms with Gasteiger partial charge in [-0.3, -0.25) is 4.79 Å². The van der Waals surface area contributed by atoms with Gasteiger partial charge in [-0.2, -0.15) is 12.6 Å². The Kier molecular flexibility index (Phi) is 5.22. The van der Waals surface area contributed by atoms with Crippen molar-refractivity contribution in [1.29, 1.82) is 0 Å². The average Bonchev–Trinajstić information content (AvgIpc) is 2.02. The summed E-state index contributed by atoms with van der Waals surface area (Å²) in [5.74, 6) is -1.62. The van der Waals surface area contributed by atoms with Crippen LogP contribution >= 0.6 is 12.6 Å². The van der Waals surface area contributed by atoms with E-state index < -0.39 is 17.2 Å². The normalized spacial score (nSPS) is 11.8. The first-order valence-corrected chi connectivity index (χ1v) is 4.26. The summed E-state index contributed by atoms with van der Waals surface area (Å²) in [4.78, 5) is 21.3. The van der Waals surface area contributed by atoms with Gasteiger partial charge >= 0.3 is 11.9 Å². The van der Waals surface area contributed by atoms with Gasteiger partial charge in [-0.15, -0.1) is 0 Å². The highest BCUT2D eigenvalue weighted by Gasteiger charge is 2.18. The zero-order valence-corrected chi connectivity index (χ0v) is 8.21. The molecule has 0 fully saturated rings. The summed E-state index contributed by atoms with van der Waals surface area (Å²) < 4.78 is 4.63. The van der Waals surface area contributed by atoms with Crippen LogP contribution < -0.4 is 0 Å². The van der Waals surface area contributed by atoms with E-state index >= 15 is 0 Å². The van der Waals surface area contributed by atoms with E-state index in [4.69, 9.17) is 5.11 Å². The van der Waals surface area contributed by atoms with E-state index in [0.717, 1.165) is 0 Å². The fourth-order valence-corrected chi connectivity index (χ4v) is 0.910. The maximum Gasteiger partial charge on any atom is 0.334 e. The molecule has 13 heavy (non-hydrogen) atoms. The molecule has 0 aliphatic rings. The van der Waals surface area contributed by atoms with E-state index in [-0.39, 0.29) is 18.6 Å². The van der Waals surface area contributed by atoms with Gasteiger partial charge in [0, 0.05) is 10.8 Å². The van der Waals surface area contributed by atoms with Gasteiger partial charge in [-0.05, 0) is 6.92 Å². The smallest absolute Gasteiger partial charge is 0.334 e. The van der Waals surface area contributed by atoms with Crippen molar-refractivity contribution in [2.45, 2.75) is 18.6 Å². The number of aliphatic carboxylic acids is 1. The van der Waals surface area contributed by atoms with Crippen LogP contribution in [-0.4, -0.2) is 28.9 Å². The van der Waals surface area contributed by atoms with Gasteiger partial charge < -0.3 is 9.84 Å². The Balaban J connectivity index is 4.09. The van der Waals surface area contributed by atoms with Crippen LogP contribution in [0.1, 0.15) is 13.3 Å². The standard InChI is InChI=1S/C8H12O4S/c1-3-12-8(11)5(2)6(13)4-7(9)10/h6,13H,2-4H2,1H3,(H,9,10). The van der Waals surface area contributed by atoms with Crippen molar-refractivity contribution >= 4 is 24.6 Å². The molecule has 0 bridgehead atoms. The first kappa shape index (κ1) is 12.0. The Hall–Kier alpha value is -0.970. The molecule has 0 aromatic rings. The van der Waals surface area contributed by atoms with E-state index in [1.54, 1.807) is 6.92 Å². The quantitative estimate of drug-likeness (QED) is 0.396. The van der Waals surface area contributed by atoms with Gasteiger partial charge in [-0.1, -0.05) is 6.58 Å². The average molecular weight is 204 g/mol. The lowest BCUT2D eigenvalue weighted by Gasteiger charge is -2.09. The molecule has 0 aliphatic carbocycles. The molecule has 0 saturated heterocycles. The van der Waals surface area contributed by atoms with Crippen molar-refractivity contribution in [2.24, 2.45) is 0 Å². The van der Waals surface area contributed by atoms with Crippen molar-refractivity contribution in [3.63, 3.8) is 0 Å². The molecule has 0 spiro atoms. The Morgan fingerprint density at radius 2 is 2.15 bits per heavy atom. The Labute approximate surface area is 82.0 Å². The third kappa shape index (κ3) is 4.57. The highest BCUT2D eigenvalue weighted by molar-refractivity contribution is 7.81.